The minimum absolute atomic E-state index is 0.0240. The SMILES string of the molecule is C[C@H](Cc1ccc(CC(=O)NCc2ccccc2)cc1)NC[C@@H](O)c1ccc(O)c(NS(C)(=O)=O)c1. The van der Waals surface area contributed by atoms with Gasteiger partial charge in [0.15, 0.2) is 0 Å². The van der Waals surface area contributed by atoms with E-state index in [-0.39, 0.29) is 29.9 Å². The van der Waals surface area contributed by atoms with Gasteiger partial charge in [0.05, 0.1) is 24.5 Å². The standard InChI is InChI=1S/C27H33N3O5S/c1-19(28-18-26(32)23-12-13-25(31)24(16-23)30-36(2,34)35)14-20-8-10-21(11-9-20)15-27(33)29-17-22-6-4-3-5-7-22/h3-13,16,19,26,28,30-32H,14-15,17-18H2,1-2H3,(H,29,33)/t19-,26-/m1/s1. The quantitative estimate of drug-likeness (QED) is 0.238. The van der Waals surface area contributed by atoms with Crippen molar-refractivity contribution in [1.29, 1.82) is 0 Å². The zero-order valence-electron chi connectivity index (χ0n) is 20.4. The van der Waals surface area contributed by atoms with Crippen LogP contribution >= 0.6 is 0 Å². The summed E-state index contributed by atoms with van der Waals surface area (Å²) in [5.41, 5.74) is 3.60. The molecule has 0 aliphatic heterocycles. The summed E-state index contributed by atoms with van der Waals surface area (Å²) in [5, 5.41) is 26.6. The number of sulfonamides is 1. The van der Waals surface area contributed by atoms with Crippen LogP contribution in [0.15, 0.2) is 72.8 Å². The van der Waals surface area contributed by atoms with Crippen LogP contribution in [0.3, 0.4) is 0 Å². The Morgan fingerprint density at radius 3 is 2.28 bits per heavy atom. The van der Waals surface area contributed by atoms with E-state index in [2.05, 4.69) is 15.4 Å². The average Bonchev–Trinajstić information content (AvgIpc) is 2.83. The summed E-state index contributed by atoms with van der Waals surface area (Å²) in [6, 6.07) is 22.0. The molecule has 0 heterocycles. The first-order valence-corrected chi connectivity index (χ1v) is 13.6. The van der Waals surface area contributed by atoms with E-state index in [0.29, 0.717) is 18.5 Å². The molecule has 0 aliphatic rings. The van der Waals surface area contributed by atoms with Gasteiger partial charge < -0.3 is 20.8 Å². The fourth-order valence-electron chi connectivity index (χ4n) is 3.74. The predicted molar refractivity (Wildman–Crippen MR) is 141 cm³/mol. The van der Waals surface area contributed by atoms with Crippen molar-refractivity contribution in [2.75, 3.05) is 17.5 Å². The second kappa shape index (κ2) is 12.5. The number of nitrogens with one attached hydrogen (secondary N) is 3. The average molecular weight is 512 g/mol. The zero-order valence-corrected chi connectivity index (χ0v) is 21.3. The van der Waals surface area contributed by atoms with Crippen molar-refractivity contribution in [3.8, 4) is 5.75 Å². The Morgan fingerprint density at radius 2 is 1.61 bits per heavy atom. The maximum atomic E-state index is 12.2. The highest BCUT2D eigenvalue weighted by atomic mass is 32.2. The number of benzene rings is 3. The Bertz CT molecular complexity index is 1250. The predicted octanol–water partition coefficient (Wildman–Crippen LogP) is 2.88. The van der Waals surface area contributed by atoms with Crippen molar-refractivity contribution in [3.63, 3.8) is 0 Å². The number of phenolic OH excluding ortho intramolecular Hbond substituents is 1. The highest BCUT2D eigenvalue weighted by molar-refractivity contribution is 7.92. The number of anilines is 1. The molecule has 0 saturated heterocycles. The molecular weight excluding hydrogens is 478 g/mol. The van der Waals surface area contributed by atoms with Crippen molar-refractivity contribution in [3.05, 3.63) is 95.1 Å². The second-order valence-electron chi connectivity index (χ2n) is 8.94. The molecular formula is C27H33N3O5S. The van der Waals surface area contributed by atoms with Crippen molar-refractivity contribution >= 4 is 21.6 Å². The molecule has 0 unspecified atom stereocenters. The molecule has 0 fully saturated rings. The molecule has 192 valence electrons. The number of hydrogen-bond donors (Lipinski definition) is 5. The molecule has 3 rings (SSSR count). The lowest BCUT2D eigenvalue weighted by Gasteiger charge is -2.18. The largest absolute Gasteiger partial charge is 0.506 e. The number of amides is 1. The van der Waals surface area contributed by atoms with Crippen LogP contribution in [0.2, 0.25) is 0 Å². The van der Waals surface area contributed by atoms with Crippen LogP contribution in [0, 0.1) is 0 Å². The molecule has 0 aromatic heterocycles. The van der Waals surface area contributed by atoms with Crippen molar-refractivity contribution in [2.24, 2.45) is 0 Å². The minimum atomic E-state index is -3.56. The van der Waals surface area contributed by atoms with Gasteiger partial charge >= 0.3 is 0 Å². The molecule has 8 nitrogen and oxygen atoms in total. The molecule has 2 atom stereocenters. The summed E-state index contributed by atoms with van der Waals surface area (Å²) in [6.07, 6.45) is 1.15. The van der Waals surface area contributed by atoms with Gasteiger partial charge in [-0.05, 0) is 47.7 Å². The fourth-order valence-corrected chi connectivity index (χ4v) is 4.30. The molecule has 0 saturated carbocycles. The van der Waals surface area contributed by atoms with E-state index < -0.39 is 16.1 Å². The first-order valence-electron chi connectivity index (χ1n) is 11.7. The second-order valence-corrected chi connectivity index (χ2v) is 10.7. The van der Waals surface area contributed by atoms with E-state index in [0.717, 1.165) is 29.4 Å². The van der Waals surface area contributed by atoms with E-state index in [1.807, 2.05) is 61.5 Å². The van der Waals surface area contributed by atoms with Gasteiger partial charge in [-0.3, -0.25) is 9.52 Å². The Morgan fingerprint density at radius 1 is 0.944 bits per heavy atom. The molecule has 36 heavy (non-hydrogen) atoms. The van der Waals surface area contributed by atoms with Crippen LogP contribution in [0.1, 0.15) is 35.3 Å². The number of hydrogen-bond acceptors (Lipinski definition) is 6. The third kappa shape index (κ3) is 8.99. The third-order valence-electron chi connectivity index (χ3n) is 5.62. The number of carbonyl (C=O) groups excluding carboxylic acids is 1. The first kappa shape index (κ1) is 27.2. The molecule has 0 bridgehead atoms. The molecule has 5 N–H and O–H groups in total. The van der Waals surface area contributed by atoms with E-state index in [4.69, 9.17) is 0 Å². The van der Waals surface area contributed by atoms with Crippen LogP contribution in [0.5, 0.6) is 5.75 Å². The molecule has 3 aromatic rings. The van der Waals surface area contributed by atoms with Crippen LogP contribution in [0.4, 0.5) is 5.69 Å². The highest BCUT2D eigenvalue weighted by Crippen LogP contribution is 2.27. The lowest BCUT2D eigenvalue weighted by molar-refractivity contribution is -0.120. The van der Waals surface area contributed by atoms with Gasteiger partial charge in [-0.2, -0.15) is 0 Å². The number of aliphatic hydroxyl groups excluding tert-OH is 1. The Kier molecular flexibility index (Phi) is 9.46. The molecule has 0 aliphatic carbocycles. The van der Waals surface area contributed by atoms with Gasteiger partial charge in [-0.1, -0.05) is 60.7 Å². The smallest absolute Gasteiger partial charge is 0.229 e. The van der Waals surface area contributed by atoms with Crippen LogP contribution in [-0.4, -0.2) is 43.4 Å². The van der Waals surface area contributed by atoms with E-state index in [1.54, 1.807) is 6.07 Å². The number of aromatic hydroxyl groups is 1. The molecule has 0 spiro atoms. The summed E-state index contributed by atoms with van der Waals surface area (Å²) in [7, 11) is -3.56. The first-order chi connectivity index (χ1) is 17.1. The van der Waals surface area contributed by atoms with Gasteiger partial charge in [0.1, 0.15) is 5.75 Å². The van der Waals surface area contributed by atoms with E-state index in [1.165, 1.54) is 12.1 Å². The van der Waals surface area contributed by atoms with Gasteiger partial charge in [0, 0.05) is 19.1 Å². The Balaban J connectivity index is 1.45. The van der Waals surface area contributed by atoms with Crippen molar-refractivity contribution in [1.82, 2.24) is 10.6 Å². The zero-order chi connectivity index (χ0) is 26.1. The number of carbonyl (C=O) groups is 1. The van der Waals surface area contributed by atoms with Crippen LogP contribution in [0.25, 0.3) is 0 Å². The fraction of sp³-hybridized carbons (Fsp3) is 0.296. The normalized spacial score (nSPS) is 13.1. The topological polar surface area (TPSA) is 128 Å². The van der Waals surface area contributed by atoms with Gasteiger partial charge in [0.25, 0.3) is 0 Å². The maximum absolute atomic E-state index is 12.2. The van der Waals surface area contributed by atoms with Gasteiger partial charge in [0.2, 0.25) is 15.9 Å². The summed E-state index contributed by atoms with van der Waals surface area (Å²) in [4.78, 5) is 12.2. The van der Waals surface area contributed by atoms with Gasteiger partial charge in [-0.15, -0.1) is 0 Å². The molecule has 9 heteroatoms. The van der Waals surface area contributed by atoms with Crippen LogP contribution < -0.4 is 15.4 Å². The van der Waals surface area contributed by atoms with E-state index in [9.17, 15) is 23.4 Å². The summed E-state index contributed by atoms with van der Waals surface area (Å²) >= 11 is 0. The number of aliphatic hydroxyl groups is 1. The lowest BCUT2D eigenvalue weighted by Crippen LogP contribution is -2.32. The highest BCUT2D eigenvalue weighted by Gasteiger charge is 2.14. The molecule has 0 radical (unpaired) electrons. The van der Waals surface area contributed by atoms with Crippen molar-refractivity contribution in [2.45, 2.75) is 38.5 Å². The van der Waals surface area contributed by atoms with Crippen molar-refractivity contribution < 1.29 is 23.4 Å². The molecule has 1 amide bonds. The summed E-state index contributed by atoms with van der Waals surface area (Å²) < 4.78 is 25.2. The van der Waals surface area contributed by atoms with Gasteiger partial charge in [-0.25, -0.2) is 8.42 Å². The van der Waals surface area contributed by atoms with Crippen LogP contribution in [-0.2, 0) is 34.2 Å². The Hall–Kier alpha value is -3.40. The summed E-state index contributed by atoms with van der Waals surface area (Å²) in [6.45, 7) is 2.77. The molecule has 3 aromatic carbocycles. The van der Waals surface area contributed by atoms with E-state index >= 15 is 0 Å². The minimum Gasteiger partial charge on any atom is -0.506 e. The lowest BCUT2D eigenvalue weighted by atomic mass is 10.0. The number of rotatable bonds is 12. The Labute approximate surface area is 212 Å². The summed E-state index contributed by atoms with van der Waals surface area (Å²) in [5.74, 6) is -0.241. The number of phenols is 1. The third-order valence-corrected chi connectivity index (χ3v) is 6.21. The maximum Gasteiger partial charge on any atom is 0.229 e. The monoisotopic (exact) mass is 511 g/mol.